The number of thiocarbonyl (C=S) groups is 1. The van der Waals surface area contributed by atoms with Crippen molar-refractivity contribution in [3.63, 3.8) is 0 Å². The van der Waals surface area contributed by atoms with Crippen LogP contribution in [0.4, 0.5) is 5.69 Å². The number of anilines is 1. The van der Waals surface area contributed by atoms with Crippen molar-refractivity contribution in [1.29, 1.82) is 0 Å². The molecular weight excluding hydrogens is 346 g/mol. The summed E-state index contributed by atoms with van der Waals surface area (Å²) < 4.78 is 10.5. The van der Waals surface area contributed by atoms with Crippen LogP contribution in [0.1, 0.15) is 5.56 Å². The highest BCUT2D eigenvalue weighted by atomic mass is 32.1. The molecular formula is C20H19N3O2S. The second-order valence-corrected chi connectivity index (χ2v) is 5.87. The molecule has 0 spiro atoms. The molecule has 0 unspecified atom stereocenters. The number of fused-ring (bicyclic) bond motifs is 1. The Balaban J connectivity index is 1.66. The number of nitrogens with zero attached hydrogens (tertiary/aromatic N) is 1. The maximum Gasteiger partial charge on any atom is 0.191 e. The van der Waals surface area contributed by atoms with Gasteiger partial charge in [0.05, 0.1) is 20.4 Å². The molecule has 26 heavy (non-hydrogen) atoms. The number of ether oxygens (including phenoxy) is 2. The van der Waals surface area contributed by atoms with Crippen molar-refractivity contribution in [3.8, 4) is 11.5 Å². The van der Waals surface area contributed by atoms with Crippen LogP contribution in [0.3, 0.4) is 0 Å². The number of hydrazone groups is 1. The predicted octanol–water partition coefficient (Wildman–Crippen LogP) is 4.18. The van der Waals surface area contributed by atoms with Crippen LogP contribution in [0.15, 0.2) is 65.8 Å². The first kappa shape index (κ1) is 17.7. The van der Waals surface area contributed by atoms with E-state index in [1.807, 2.05) is 48.5 Å². The lowest BCUT2D eigenvalue weighted by Crippen LogP contribution is -2.23. The Morgan fingerprint density at radius 1 is 0.962 bits per heavy atom. The van der Waals surface area contributed by atoms with Gasteiger partial charge < -0.3 is 14.8 Å². The van der Waals surface area contributed by atoms with Crippen molar-refractivity contribution in [2.24, 2.45) is 5.10 Å². The third-order valence-electron chi connectivity index (χ3n) is 3.83. The highest BCUT2D eigenvalue weighted by Gasteiger charge is 2.04. The SMILES string of the molecule is COc1ccc(/C=N/NC(=S)Nc2cccc3ccccc23)cc1OC. The van der Waals surface area contributed by atoms with Crippen molar-refractivity contribution in [2.45, 2.75) is 0 Å². The Hall–Kier alpha value is -3.12. The maximum atomic E-state index is 5.32. The van der Waals surface area contributed by atoms with Crippen LogP contribution >= 0.6 is 12.2 Å². The largest absolute Gasteiger partial charge is 0.493 e. The zero-order valence-corrected chi connectivity index (χ0v) is 15.3. The molecule has 3 aromatic carbocycles. The normalized spacial score (nSPS) is 10.7. The highest BCUT2D eigenvalue weighted by molar-refractivity contribution is 7.80. The third kappa shape index (κ3) is 4.10. The van der Waals surface area contributed by atoms with Gasteiger partial charge in [0.2, 0.25) is 0 Å². The summed E-state index contributed by atoms with van der Waals surface area (Å²) in [7, 11) is 3.20. The number of methoxy groups -OCH3 is 2. The second-order valence-electron chi connectivity index (χ2n) is 5.47. The van der Waals surface area contributed by atoms with E-state index in [-0.39, 0.29) is 0 Å². The lowest BCUT2D eigenvalue weighted by atomic mass is 10.1. The van der Waals surface area contributed by atoms with Crippen LogP contribution in [-0.4, -0.2) is 25.5 Å². The van der Waals surface area contributed by atoms with E-state index in [4.69, 9.17) is 21.7 Å². The number of rotatable bonds is 5. The standard InChI is InChI=1S/C20H19N3O2S/c1-24-18-11-10-14(12-19(18)25-2)13-21-23-20(26)22-17-9-5-7-15-6-3-4-8-16(15)17/h3-13H,1-2H3,(H2,22,23,26)/b21-13+. The topological polar surface area (TPSA) is 54.9 Å². The maximum absolute atomic E-state index is 5.32. The van der Waals surface area contributed by atoms with Crippen molar-refractivity contribution in [3.05, 3.63) is 66.2 Å². The molecule has 3 aromatic rings. The molecule has 0 aliphatic carbocycles. The average Bonchev–Trinajstić information content (AvgIpc) is 2.68. The van der Waals surface area contributed by atoms with Crippen molar-refractivity contribution < 1.29 is 9.47 Å². The van der Waals surface area contributed by atoms with E-state index in [1.54, 1.807) is 20.4 Å². The summed E-state index contributed by atoms with van der Waals surface area (Å²) in [4.78, 5) is 0. The van der Waals surface area contributed by atoms with Gasteiger partial charge in [0.1, 0.15) is 0 Å². The number of nitrogens with one attached hydrogen (secondary N) is 2. The second kappa shape index (κ2) is 8.31. The average molecular weight is 365 g/mol. The zero-order chi connectivity index (χ0) is 18.4. The van der Waals surface area contributed by atoms with Gasteiger partial charge in [-0.1, -0.05) is 36.4 Å². The Labute approximate surface area is 157 Å². The molecule has 0 amide bonds. The Kier molecular flexibility index (Phi) is 5.66. The van der Waals surface area contributed by atoms with Gasteiger partial charge in [-0.05, 0) is 47.4 Å². The molecule has 3 rings (SSSR count). The van der Waals surface area contributed by atoms with E-state index in [0.717, 1.165) is 22.0 Å². The van der Waals surface area contributed by atoms with Crippen LogP contribution < -0.4 is 20.2 Å². The molecule has 0 radical (unpaired) electrons. The first-order valence-electron chi connectivity index (χ1n) is 8.01. The summed E-state index contributed by atoms with van der Waals surface area (Å²) in [5, 5.41) is 10.0. The fraction of sp³-hybridized carbons (Fsp3) is 0.100. The van der Waals surface area contributed by atoms with Crippen molar-refractivity contribution in [2.75, 3.05) is 19.5 Å². The molecule has 0 saturated heterocycles. The Morgan fingerprint density at radius 2 is 1.73 bits per heavy atom. The van der Waals surface area contributed by atoms with E-state index in [1.165, 1.54) is 0 Å². The first-order chi connectivity index (χ1) is 12.7. The summed E-state index contributed by atoms with van der Waals surface area (Å²) in [5.41, 5.74) is 4.62. The van der Waals surface area contributed by atoms with Gasteiger partial charge in [0, 0.05) is 11.1 Å². The molecule has 0 aliphatic heterocycles. The van der Waals surface area contributed by atoms with Crippen LogP contribution in [-0.2, 0) is 0 Å². The van der Waals surface area contributed by atoms with Crippen LogP contribution in [0, 0.1) is 0 Å². The fourth-order valence-electron chi connectivity index (χ4n) is 2.58. The van der Waals surface area contributed by atoms with Crippen LogP contribution in [0.5, 0.6) is 11.5 Å². The molecule has 6 heteroatoms. The highest BCUT2D eigenvalue weighted by Crippen LogP contribution is 2.27. The smallest absolute Gasteiger partial charge is 0.191 e. The van der Waals surface area contributed by atoms with Crippen molar-refractivity contribution >= 4 is 40.0 Å². The monoisotopic (exact) mass is 365 g/mol. The summed E-state index contributed by atoms with van der Waals surface area (Å²) in [6.45, 7) is 0. The van der Waals surface area contributed by atoms with Gasteiger partial charge in [0.25, 0.3) is 0 Å². The van der Waals surface area contributed by atoms with Gasteiger partial charge in [-0.15, -0.1) is 0 Å². The molecule has 5 nitrogen and oxygen atoms in total. The summed E-state index contributed by atoms with van der Waals surface area (Å²) in [6, 6.07) is 19.7. The van der Waals surface area contributed by atoms with Crippen LogP contribution in [0.25, 0.3) is 10.8 Å². The molecule has 0 fully saturated rings. The molecule has 0 saturated carbocycles. The minimum atomic E-state index is 0.415. The Morgan fingerprint density at radius 3 is 2.54 bits per heavy atom. The summed E-state index contributed by atoms with van der Waals surface area (Å²) in [5.74, 6) is 1.32. The molecule has 0 aliphatic rings. The Bertz CT molecular complexity index is 951. The molecule has 132 valence electrons. The van der Waals surface area contributed by atoms with E-state index < -0.39 is 0 Å². The van der Waals surface area contributed by atoms with Gasteiger partial charge in [-0.25, -0.2) is 0 Å². The zero-order valence-electron chi connectivity index (χ0n) is 14.5. The van der Waals surface area contributed by atoms with E-state index in [9.17, 15) is 0 Å². The predicted molar refractivity (Wildman–Crippen MR) is 110 cm³/mol. The number of hydrogen-bond donors (Lipinski definition) is 2. The van der Waals surface area contributed by atoms with Gasteiger partial charge in [-0.2, -0.15) is 5.10 Å². The van der Waals surface area contributed by atoms with E-state index in [2.05, 4.69) is 28.0 Å². The lowest BCUT2D eigenvalue weighted by molar-refractivity contribution is 0.355. The lowest BCUT2D eigenvalue weighted by Gasteiger charge is -2.10. The molecule has 0 bridgehead atoms. The molecule has 0 heterocycles. The molecule has 2 N–H and O–H groups in total. The fourth-order valence-corrected chi connectivity index (χ4v) is 2.75. The number of hydrogen-bond acceptors (Lipinski definition) is 4. The summed E-state index contributed by atoms with van der Waals surface area (Å²) in [6.07, 6.45) is 1.67. The molecule has 0 atom stereocenters. The molecule has 0 aromatic heterocycles. The summed E-state index contributed by atoms with van der Waals surface area (Å²) >= 11 is 5.32. The first-order valence-corrected chi connectivity index (χ1v) is 8.42. The van der Waals surface area contributed by atoms with Gasteiger partial charge in [-0.3, -0.25) is 5.43 Å². The quantitative estimate of drug-likeness (QED) is 0.404. The van der Waals surface area contributed by atoms with Gasteiger partial charge in [0.15, 0.2) is 16.6 Å². The van der Waals surface area contributed by atoms with E-state index >= 15 is 0 Å². The number of benzene rings is 3. The van der Waals surface area contributed by atoms with Crippen molar-refractivity contribution in [1.82, 2.24) is 5.43 Å². The van der Waals surface area contributed by atoms with E-state index in [0.29, 0.717) is 16.6 Å². The van der Waals surface area contributed by atoms with Gasteiger partial charge >= 0.3 is 0 Å². The minimum absolute atomic E-state index is 0.415. The third-order valence-corrected chi connectivity index (χ3v) is 4.02. The van der Waals surface area contributed by atoms with Crippen LogP contribution in [0.2, 0.25) is 0 Å². The minimum Gasteiger partial charge on any atom is -0.493 e.